The molecule has 0 unspecified atom stereocenters. The second kappa shape index (κ2) is 16.2. The molecule has 0 aliphatic carbocycles. The molecule has 0 amide bonds. The number of rotatable bonds is 11. The summed E-state index contributed by atoms with van der Waals surface area (Å²) < 4.78 is 16.9. The number of esters is 1. The van der Waals surface area contributed by atoms with Gasteiger partial charge in [-0.05, 0) is 136 Å². The van der Waals surface area contributed by atoms with Crippen molar-refractivity contribution in [2.75, 3.05) is 13.2 Å². The Morgan fingerprint density at radius 3 is 2.04 bits per heavy atom. The van der Waals surface area contributed by atoms with Crippen LogP contribution in [0, 0.1) is 23.7 Å². The van der Waals surface area contributed by atoms with Gasteiger partial charge in [-0.2, -0.15) is 0 Å². The molecule has 4 aromatic carbocycles. The Hall–Kier alpha value is -4.93. The molecule has 0 aliphatic heterocycles. The van der Waals surface area contributed by atoms with E-state index in [2.05, 4.69) is 79.6 Å². The van der Waals surface area contributed by atoms with E-state index >= 15 is 0 Å². The van der Waals surface area contributed by atoms with E-state index in [1.807, 2.05) is 57.2 Å². The molecule has 0 atom stereocenters. The molecule has 0 bridgehead atoms. The Morgan fingerprint density at radius 2 is 1.31 bits per heavy atom. The summed E-state index contributed by atoms with van der Waals surface area (Å²) in [6, 6.07) is 26.6. The average molecular weight is 599 g/mol. The molecule has 0 saturated heterocycles. The molecule has 230 valence electrons. The SMILES string of the molecule is C=CC(=O)OCCCCCCOc1ccc2cc(C#Cc3ccc(C#Cc4ccc(OC(C)(C)C)cc4)cc3CC)ccc2c1. The lowest BCUT2D eigenvalue weighted by Crippen LogP contribution is -2.22. The highest BCUT2D eigenvalue weighted by Gasteiger charge is 2.11. The van der Waals surface area contributed by atoms with E-state index in [9.17, 15) is 4.79 Å². The lowest BCUT2D eigenvalue weighted by molar-refractivity contribution is -0.137. The first-order chi connectivity index (χ1) is 21.7. The fourth-order valence-corrected chi connectivity index (χ4v) is 4.70. The van der Waals surface area contributed by atoms with Gasteiger partial charge >= 0.3 is 5.97 Å². The zero-order valence-electron chi connectivity index (χ0n) is 26.9. The van der Waals surface area contributed by atoms with E-state index in [0.29, 0.717) is 13.2 Å². The number of carbonyl (C=O) groups excluding carboxylic acids is 1. The van der Waals surface area contributed by atoms with Crippen molar-refractivity contribution in [3.05, 3.63) is 119 Å². The normalized spacial score (nSPS) is 10.7. The summed E-state index contributed by atoms with van der Waals surface area (Å²) >= 11 is 0. The Kier molecular flexibility index (Phi) is 11.9. The van der Waals surface area contributed by atoms with Gasteiger partial charge in [-0.3, -0.25) is 0 Å². The van der Waals surface area contributed by atoms with Crippen LogP contribution >= 0.6 is 0 Å². The highest BCUT2D eigenvalue weighted by molar-refractivity contribution is 5.85. The van der Waals surface area contributed by atoms with Crippen LogP contribution in [0.3, 0.4) is 0 Å². The van der Waals surface area contributed by atoms with Crippen molar-refractivity contribution in [2.45, 2.75) is 65.4 Å². The minimum Gasteiger partial charge on any atom is -0.494 e. The Labute approximate surface area is 268 Å². The van der Waals surface area contributed by atoms with E-state index in [1.54, 1.807) is 0 Å². The number of hydrogen-bond acceptors (Lipinski definition) is 4. The van der Waals surface area contributed by atoms with E-state index in [4.69, 9.17) is 14.2 Å². The lowest BCUT2D eigenvalue weighted by Gasteiger charge is -2.21. The third kappa shape index (κ3) is 10.9. The minimum absolute atomic E-state index is 0.225. The predicted octanol–water partition coefficient (Wildman–Crippen LogP) is 9.05. The molecule has 0 aromatic heterocycles. The van der Waals surface area contributed by atoms with Crippen LogP contribution in [0.5, 0.6) is 11.5 Å². The van der Waals surface area contributed by atoms with E-state index < -0.39 is 0 Å². The topological polar surface area (TPSA) is 44.8 Å². The van der Waals surface area contributed by atoms with Crippen molar-refractivity contribution in [1.82, 2.24) is 0 Å². The van der Waals surface area contributed by atoms with Crippen LogP contribution < -0.4 is 9.47 Å². The first-order valence-electron chi connectivity index (χ1n) is 15.6. The van der Waals surface area contributed by atoms with Crippen molar-refractivity contribution < 1.29 is 19.0 Å². The predicted molar refractivity (Wildman–Crippen MR) is 184 cm³/mol. The summed E-state index contributed by atoms with van der Waals surface area (Å²) in [4.78, 5) is 11.1. The quantitative estimate of drug-likeness (QED) is 0.0748. The molecular formula is C41H42O4. The van der Waals surface area contributed by atoms with Gasteiger partial charge in [-0.25, -0.2) is 4.79 Å². The van der Waals surface area contributed by atoms with Gasteiger partial charge in [0, 0.05) is 28.3 Å². The summed E-state index contributed by atoms with van der Waals surface area (Å²) in [5, 5.41) is 2.25. The van der Waals surface area contributed by atoms with E-state index in [1.165, 1.54) is 11.6 Å². The molecule has 4 aromatic rings. The molecule has 0 aliphatic rings. The first kappa shape index (κ1) is 33.0. The molecule has 0 radical (unpaired) electrons. The third-order valence-corrected chi connectivity index (χ3v) is 6.99. The van der Waals surface area contributed by atoms with Crippen molar-refractivity contribution in [3.63, 3.8) is 0 Å². The van der Waals surface area contributed by atoms with Crippen molar-refractivity contribution in [1.29, 1.82) is 0 Å². The van der Waals surface area contributed by atoms with Crippen LogP contribution in [-0.2, 0) is 16.0 Å². The Balaban J connectivity index is 1.32. The maximum atomic E-state index is 11.1. The van der Waals surface area contributed by atoms with Gasteiger partial charge < -0.3 is 14.2 Å². The van der Waals surface area contributed by atoms with Crippen molar-refractivity contribution >= 4 is 16.7 Å². The third-order valence-electron chi connectivity index (χ3n) is 6.99. The smallest absolute Gasteiger partial charge is 0.330 e. The van der Waals surface area contributed by atoms with Gasteiger partial charge in [0.2, 0.25) is 0 Å². The highest BCUT2D eigenvalue weighted by atomic mass is 16.5. The summed E-state index contributed by atoms with van der Waals surface area (Å²) in [7, 11) is 0. The molecule has 0 fully saturated rings. The number of fused-ring (bicyclic) bond motifs is 1. The number of unbranched alkanes of at least 4 members (excludes halogenated alkanes) is 3. The standard InChI is InChI=1S/C41H42O4/c1-6-34-28-32(13-12-31-17-23-38(24-18-31)45-41(3,4)5)14-19-35(34)20-15-33-16-21-37-30-39(25-22-36(37)29-33)43-26-10-8-9-11-27-44-40(42)7-2/h7,14,16-19,21-25,28-30H,2,6,8-11,26-27H2,1,3-5H3. The fraction of sp³-hybridized carbons (Fsp3) is 0.293. The number of hydrogen-bond donors (Lipinski definition) is 0. The van der Waals surface area contributed by atoms with Crippen LogP contribution in [0.1, 0.15) is 81.2 Å². The molecule has 4 nitrogen and oxygen atoms in total. The van der Waals surface area contributed by atoms with Gasteiger partial charge in [0.1, 0.15) is 17.1 Å². The number of aryl methyl sites for hydroxylation is 1. The summed E-state index contributed by atoms with van der Waals surface area (Å²) in [6.45, 7) is 12.8. The van der Waals surface area contributed by atoms with Gasteiger partial charge in [0.15, 0.2) is 0 Å². The molecule has 0 N–H and O–H groups in total. The van der Waals surface area contributed by atoms with Gasteiger partial charge in [0.25, 0.3) is 0 Å². The van der Waals surface area contributed by atoms with Crippen molar-refractivity contribution in [3.8, 4) is 35.2 Å². The summed E-state index contributed by atoms with van der Waals surface area (Å²) in [5.74, 6) is 14.6. The van der Waals surface area contributed by atoms with E-state index in [0.717, 1.165) is 76.6 Å². The second-order valence-electron chi connectivity index (χ2n) is 11.8. The zero-order chi connectivity index (χ0) is 32.1. The van der Waals surface area contributed by atoms with Crippen LogP contribution in [0.4, 0.5) is 0 Å². The molecule has 0 saturated carbocycles. The van der Waals surface area contributed by atoms with Crippen LogP contribution in [-0.4, -0.2) is 24.8 Å². The van der Waals surface area contributed by atoms with Gasteiger partial charge in [-0.15, -0.1) is 0 Å². The second-order valence-corrected chi connectivity index (χ2v) is 11.8. The van der Waals surface area contributed by atoms with E-state index in [-0.39, 0.29) is 11.6 Å². The molecule has 0 spiro atoms. The fourth-order valence-electron chi connectivity index (χ4n) is 4.70. The Morgan fingerprint density at radius 1 is 0.711 bits per heavy atom. The largest absolute Gasteiger partial charge is 0.494 e. The number of ether oxygens (including phenoxy) is 3. The highest BCUT2D eigenvalue weighted by Crippen LogP contribution is 2.23. The van der Waals surface area contributed by atoms with Crippen LogP contribution in [0.25, 0.3) is 10.8 Å². The summed E-state index contributed by atoms with van der Waals surface area (Å²) in [6.07, 6.45) is 5.90. The molecule has 4 heteroatoms. The van der Waals surface area contributed by atoms with Gasteiger partial charge in [-0.1, -0.05) is 49.3 Å². The first-order valence-corrected chi connectivity index (χ1v) is 15.6. The molecule has 4 rings (SSSR count). The monoisotopic (exact) mass is 598 g/mol. The van der Waals surface area contributed by atoms with Gasteiger partial charge in [0.05, 0.1) is 13.2 Å². The molecule has 45 heavy (non-hydrogen) atoms. The Bertz CT molecular complexity index is 1730. The average Bonchev–Trinajstić information content (AvgIpc) is 3.03. The molecular weight excluding hydrogens is 556 g/mol. The van der Waals surface area contributed by atoms with Crippen molar-refractivity contribution in [2.24, 2.45) is 0 Å². The minimum atomic E-state index is -0.363. The molecule has 0 heterocycles. The number of benzene rings is 4. The maximum Gasteiger partial charge on any atom is 0.330 e. The van der Waals surface area contributed by atoms with Crippen LogP contribution in [0.15, 0.2) is 91.5 Å². The zero-order valence-corrected chi connectivity index (χ0v) is 26.9. The van der Waals surface area contributed by atoms with Crippen LogP contribution in [0.2, 0.25) is 0 Å². The lowest BCUT2D eigenvalue weighted by atomic mass is 10.0. The maximum absolute atomic E-state index is 11.1. The number of carbonyl (C=O) groups is 1. The summed E-state index contributed by atoms with van der Waals surface area (Å²) in [5.41, 5.74) is 4.88.